The zero-order valence-corrected chi connectivity index (χ0v) is 17.7. The summed E-state index contributed by atoms with van der Waals surface area (Å²) in [7, 11) is 1.52. The van der Waals surface area contributed by atoms with E-state index in [1.165, 1.54) is 7.11 Å². The van der Waals surface area contributed by atoms with Gasteiger partial charge in [0, 0.05) is 30.3 Å². The van der Waals surface area contributed by atoms with Gasteiger partial charge in [-0.05, 0) is 56.5 Å². The summed E-state index contributed by atoms with van der Waals surface area (Å²) in [6.45, 7) is 2.77. The topological polar surface area (TPSA) is 55.3 Å². The van der Waals surface area contributed by atoms with Gasteiger partial charge < -0.3 is 9.64 Å². The number of likely N-dealkylation sites (tertiary alicyclic amines) is 1. The summed E-state index contributed by atoms with van der Waals surface area (Å²) in [5.41, 5.74) is -0.288. The molecule has 2 aromatic rings. The molecule has 0 saturated carbocycles. The molecule has 0 aliphatic carbocycles. The molecule has 1 aromatic carbocycles. The molecule has 1 aromatic heterocycles. The number of carbonyl (C=O) groups excluding carboxylic acids is 1. The monoisotopic (exact) mass is 439 g/mol. The lowest BCUT2D eigenvalue weighted by molar-refractivity contribution is -0.141. The quantitative estimate of drug-likeness (QED) is 0.466. The minimum absolute atomic E-state index is 0.00938. The predicted molar refractivity (Wildman–Crippen MR) is 109 cm³/mol. The molecule has 1 fully saturated rings. The molecule has 30 heavy (non-hydrogen) atoms. The second-order valence-corrected chi connectivity index (χ2v) is 8.24. The van der Waals surface area contributed by atoms with E-state index >= 15 is 0 Å². The second kappa shape index (κ2) is 9.68. The fourth-order valence-electron chi connectivity index (χ4n) is 3.39. The van der Waals surface area contributed by atoms with E-state index < -0.39 is 11.9 Å². The van der Waals surface area contributed by atoms with Crippen molar-refractivity contribution in [2.45, 2.75) is 50.0 Å². The maximum Gasteiger partial charge on any atom is 0.433 e. The number of thioether (sulfide) groups is 1. The molecule has 1 amide bonds. The first-order chi connectivity index (χ1) is 14.3. The van der Waals surface area contributed by atoms with Gasteiger partial charge in [-0.3, -0.25) is 4.79 Å². The normalized spacial score (nSPS) is 17.1. The van der Waals surface area contributed by atoms with Crippen molar-refractivity contribution in [3.05, 3.63) is 36.0 Å². The first kappa shape index (κ1) is 22.4. The Morgan fingerprint density at radius 2 is 1.97 bits per heavy atom. The number of hydrogen-bond acceptors (Lipinski definition) is 5. The van der Waals surface area contributed by atoms with Crippen LogP contribution in [0.1, 0.15) is 38.3 Å². The van der Waals surface area contributed by atoms with Crippen molar-refractivity contribution in [3.8, 4) is 17.0 Å². The average molecular weight is 440 g/mol. The van der Waals surface area contributed by atoms with E-state index in [9.17, 15) is 18.0 Å². The first-order valence-electron chi connectivity index (χ1n) is 9.81. The summed E-state index contributed by atoms with van der Waals surface area (Å²) < 4.78 is 45.1. The molecular formula is C21H24F3N3O2S. The van der Waals surface area contributed by atoms with Crippen LogP contribution in [0.15, 0.2) is 35.5 Å². The lowest BCUT2D eigenvalue weighted by Gasteiger charge is -2.33. The van der Waals surface area contributed by atoms with Crippen molar-refractivity contribution in [3.63, 3.8) is 0 Å². The molecule has 0 N–H and O–H groups in total. The molecule has 2 heterocycles. The highest BCUT2D eigenvalue weighted by molar-refractivity contribution is 7.99. The molecule has 162 valence electrons. The molecular weight excluding hydrogens is 415 g/mol. The van der Waals surface area contributed by atoms with Crippen molar-refractivity contribution in [1.29, 1.82) is 0 Å². The van der Waals surface area contributed by atoms with E-state index in [0.29, 0.717) is 17.1 Å². The zero-order chi connectivity index (χ0) is 21.7. The summed E-state index contributed by atoms with van der Waals surface area (Å²) >= 11 is 1.07. The molecule has 0 bridgehead atoms. The Bertz CT molecular complexity index is 875. The molecule has 1 saturated heterocycles. The van der Waals surface area contributed by atoms with Gasteiger partial charge in [-0.15, -0.1) is 0 Å². The van der Waals surface area contributed by atoms with Gasteiger partial charge in [0.25, 0.3) is 0 Å². The first-order valence-corrected chi connectivity index (χ1v) is 10.8. The van der Waals surface area contributed by atoms with Crippen LogP contribution in [-0.2, 0) is 11.0 Å². The lowest BCUT2D eigenvalue weighted by atomic mass is 10.0. The Kier molecular flexibility index (Phi) is 7.23. The average Bonchev–Trinajstić information content (AvgIpc) is 2.73. The molecule has 1 aliphatic heterocycles. The van der Waals surface area contributed by atoms with Crippen LogP contribution in [0.2, 0.25) is 0 Å². The van der Waals surface area contributed by atoms with Crippen LogP contribution in [0.5, 0.6) is 5.75 Å². The van der Waals surface area contributed by atoms with Gasteiger partial charge in [-0.25, -0.2) is 9.97 Å². The fourth-order valence-corrected chi connectivity index (χ4v) is 4.17. The SMILES string of the molecule is COc1ccc(-c2cc(C(F)(F)F)nc(SCCC(=O)N3CCCC[C@H]3C)n2)cc1. The van der Waals surface area contributed by atoms with Gasteiger partial charge in [0.1, 0.15) is 11.4 Å². The van der Waals surface area contributed by atoms with Crippen molar-refractivity contribution >= 4 is 17.7 Å². The third kappa shape index (κ3) is 5.65. The molecule has 5 nitrogen and oxygen atoms in total. The number of ether oxygens (including phenoxy) is 1. The van der Waals surface area contributed by atoms with Crippen molar-refractivity contribution in [2.75, 3.05) is 19.4 Å². The van der Waals surface area contributed by atoms with E-state index in [1.54, 1.807) is 24.3 Å². The molecule has 1 aliphatic rings. The number of piperidine rings is 1. The number of rotatable bonds is 6. The number of carbonyl (C=O) groups is 1. The van der Waals surface area contributed by atoms with Crippen LogP contribution in [0.3, 0.4) is 0 Å². The van der Waals surface area contributed by atoms with E-state index in [-0.39, 0.29) is 29.2 Å². The third-order valence-corrected chi connectivity index (χ3v) is 5.90. The van der Waals surface area contributed by atoms with Gasteiger partial charge in [-0.2, -0.15) is 13.2 Å². The summed E-state index contributed by atoms with van der Waals surface area (Å²) in [5, 5.41) is 0.00938. The highest BCUT2D eigenvalue weighted by atomic mass is 32.2. The third-order valence-electron chi connectivity index (χ3n) is 5.05. The Morgan fingerprint density at radius 1 is 1.23 bits per heavy atom. The highest BCUT2D eigenvalue weighted by Crippen LogP contribution is 2.32. The standard InChI is InChI=1S/C21H24F3N3O2S/c1-14-5-3-4-11-27(14)19(28)10-12-30-20-25-17(13-18(26-20)21(22,23)24)15-6-8-16(29-2)9-7-15/h6-9,13-14H,3-5,10-12H2,1-2H3/t14-/m1/s1. The zero-order valence-electron chi connectivity index (χ0n) is 16.9. The molecule has 1 atom stereocenters. The molecule has 0 spiro atoms. The Labute approximate surface area is 178 Å². The van der Waals surface area contributed by atoms with E-state index in [2.05, 4.69) is 9.97 Å². The summed E-state index contributed by atoms with van der Waals surface area (Å²) in [6.07, 6.45) is -1.25. The van der Waals surface area contributed by atoms with Gasteiger partial charge in [0.05, 0.1) is 12.8 Å². The summed E-state index contributed by atoms with van der Waals surface area (Å²) in [5.74, 6) is 0.951. The van der Waals surface area contributed by atoms with Crippen LogP contribution in [0, 0.1) is 0 Å². The number of nitrogens with zero attached hydrogens (tertiary/aromatic N) is 3. The van der Waals surface area contributed by atoms with Crippen molar-refractivity contribution in [2.24, 2.45) is 0 Å². The van der Waals surface area contributed by atoms with Crippen LogP contribution < -0.4 is 4.74 Å². The van der Waals surface area contributed by atoms with Gasteiger partial charge >= 0.3 is 6.18 Å². The smallest absolute Gasteiger partial charge is 0.433 e. The number of hydrogen-bond donors (Lipinski definition) is 0. The van der Waals surface area contributed by atoms with Crippen LogP contribution in [0.4, 0.5) is 13.2 Å². The fraction of sp³-hybridized carbons (Fsp3) is 0.476. The summed E-state index contributed by atoms with van der Waals surface area (Å²) in [4.78, 5) is 22.3. The second-order valence-electron chi connectivity index (χ2n) is 7.18. The van der Waals surface area contributed by atoms with Gasteiger partial charge in [0.2, 0.25) is 5.91 Å². The van der Waals surface area contributed by atoms with Gasteiger partial charge in [0.15, 0.2) is 5.16 Å². The molecule has 0 radical (unpaired) electrons. The number of benzene rings is 1. The lowest BCUT2D eigenvalue weighted by Crippen LogP contribution is -2.42. The molecule has 9 heteroatoms. The van der Waals surface area contributed by atoms with Crippen molar-refractivity contribution < 1.29 is 22.7 Å². The van der Waals surface area contributed by atoms with Crippen LogP contribution >= 0.6 is 11.8 Å². The van der Waals surface area contributed by atoms with Crippen molar-refractivity contribution in [1.82, 2.24) is 14.9 Å². The Morgan fingerprint density at radius 3 is 2.60 bits per heavy atom. The highest BCUT2D eigenvalue weighted by Gasteiger charge is 2.34. The van der Waals surface area contributed by atoms with Crippen LogP contribution in [-0.4, -0.2) is 46.2 Å². The minimum Gasteiger partial charge on any atom is -0.497 e. The maximum absolute atomic E-state index is 13.3. The van der Waals surface area contributed by atoms with E-state index in [0.717, 1.165) is 43.6 Å². The molecule has 0 unspecified atom stereocenters. The molecule has 3 rings (SSSR count). The Hall–Kier alpha value is -2.29. The predicted octanol–water partition coefficient (Wildman–Crippen LogP) is 5.05. The number of alkyl halides is 3. The number of amides is 1. The number of halogens is 3. The number of methoxy groups -OCH3 is 1. The maximum atomic E-state index is 13.3. The minimum atomic E-state index is -4.58. The largest absolute Gasteiger partial charge is 0.497 e. The number of aromatic nitrogens is 2. The summed E-state index contributed by atoms with van der Waals surface area (Å²) in [6, 6.07) is 7.77. The van der Waals surface area contributed by atoms with E-state index in [4.69, 9.17) is 4.74 Å². The van der Waals surface area contributed by atoms with Crippen LogP contribution in [0.25, 0.3) is 11.3 Å². The van der Waals surface area contributed by atoms with E-state index in [1.807, 2.05) is 11.8 Å². The Balaban J connectivity index is 1.74. The van der Waals surface area contributed by atoms with Gasteiger partial charge in [-0.1, -0.05) is 11.8 Å².